The number of carbonyl (C=O) groups is 1. The van der Waals surface area contributed by atoms with E-state index in [1.807, 2.05) is 13.8 Å². The van der Waals surface area contributed by atoms with Crippen molar-refractivity contribution < 1.29 is 4.79 Å². The maximum atomic E-state index is 12.0. The van der Waals surface area contributed by atoms with Gasteiger partial charge in [0.15, 0.2) is 5.96 Å². The monoisotopic (exact) mass is 412 g/mol. The number of piperazine rings is 1. The van der Waals surface area contributed by atoms with Gasteiger partial charge < -0.3 is 20.4 Å². The Hall–Kier alpha value is -2.54. The Labute approximate surface area is 180 Å². The smallest absolute Gasteiger partial charge is 0.234 e. The summed E-state index contributed by atoms with van der Waals surface area (Å²) in [5, 5.41) is 6.39. The first kappa shape index (κ1) is 22.2. The molecule has 0 atom stereocenters. The fourth-order valence-corrected chi connectivity index (χ4v) is 3.78. The fraction of sp³-hybridized carbons (Fsp3) is 0.565. The van der Waals surface area contributed by atoms with Crippen LogP contribution in [-0.4, -0.2) is 80.1 Å². The predicted molar refractivity (Wildman–Crippen MR) is 124 cm³/mol. The van der Waals surface area contributed by atoms with E-state index in [0.717, 1.165) is 51.8 Å². The molecule has 164 valence electrons. The lowest BCUT2D eigenvalue weighted by molar-refractivity contribution is -0.123. The summed E-state index contributed by atoms with van der Waals surface area (Å²) in [5.41, 5.74) is 2.47. The van der Waals surface area contributed by atoms with E-state index in [1.54, 1.807) is 0 Å². The lowest BCUT2D eigenvalue weighted by Crippen LogP contribution is -2.54. The number of guanidine groups is 1. The molecule has 30 heavy (non-hydrogen) atoms. The summed E-state index contributed by atoms with van der Waals surface area (Å²) < 4.78 is 0. The van der Waals surface area contributed by atoms with Gasteiger partial charge >= 0.3 is 0 Å². The second-order valence-electron chi connectivity index (χ2n) is 8.20. The van der Waals surface area contributed by atoms with Crippen molar-refractivity contribution in [3.05, 3.63) is 42.0 Å². The molecule has 0 bridgehead atoms. The highest BCUT2D eigenvalue weighted by Crippen LogP contribution is 2.18. The van der Waals surface area contributed by atoms with Crippen LogP contribution < -0.4 is 15.5 Å². The minimum absolute atomic E-state index is 0.104. The maximum absolute atomic E-state index is 12.0. The van der Waals surface area contributed by atoms with Crippen molar-refractivity contribution in [3.63, 3.8) is 0 Å². The standard InChI is InChI=1S/C23H36N6O/c1-4-24-23(29-15-13-27(14-16-29)18-22(30)26-19(2)3)25-17-20-7-9-21(10-8-20)28-11-5-6-12-28/h5-10,19H,4,11-18H2,1-3H3,(H,24,25)(H,26,30). The summed E-state index contributed by atoms with van der Waals surface area (Å²) >= 11 is 0. The van der Waals surface area contributed by atoms with Gasteiger partial charge in [-0.05, 0) is 38.5 Å². The third-order valence-electron chi connectivity index (χ3n) is 5.35. The first-order valence-corrected chi connectivity index (χ1v) is 11.1. The van der Waals surface area contributed by atoms with E-state index in [-0.39, 0.29) is 11.9 Å². The number of anilines is 1. The average Bonchev–Trinajstić information content (AvgIpc) is 3.26. The van der Waals surface area contributed by atoms with Crippen molar-refractivity contribution in [1.82, 2.24) is 20.4 Å². The molecule has 1 saturated heterocycles. The Bertz CT molecular complexity index is 727. The van der Waals surface area contributed by atoms with Gasteiger partial charge in [-0.15, -0.1) is 0 Å². The van der Waals surface area contributed by atoms with Crippen LogP contribution in [0, 0.1) is 0 Å². The van der Waals surface area contributed by atoms with E-state index in [0.29, 0.717) is 13.1 Å². The first-order chi connectivity index (χ1) is 14.5. The molecular formula is C23H36N6O. The van der Waals surface area contributed by atoms with Crippen LogP contribution in [-0.2, 0) is 11.3 Å². The van der Waals surface area contributed by atoms with Gasteiger partial charge in [-0.2, -0.15) is 0 Å². The summed E-state index contributed by atoms with van der Waals surface area (Å²) in [5.74, 6) is 1.06. The van der Waals surface area contributed by atoms with Crippen molar-refractivity contribution in [2.75, 3.05) is 57.3 Å². The van der Waals surface area contributed by atoms with Crippen LogP contribution >= 0.6 is 0 Å². The van der Waals surface area contributed by atoms with Gasteiger partial charge in [0.1, 0.15) is 0 Å². The van der Waals surface area contributed by atoms with Crippen LogP contribution in [0.4, 0.5) is 5.69 Å². The molecule has 3 rings (SSSR count). The van der Waals surface area contributed by atoms with Crippen molar-refractivity contribution in [1.29, 1.82) is 0 Å². The Morgan fingerprint density at radius 2 is 1.73 bits per heavy atom. The van der Waals surface area contributed by atoms with Crippen LogP contribution in [0.15, 0.2) is 41.4 Å². The van der Waals surface area contributed by atoms with Crippen molar-refractivity contribution in [3.8, 4) is 0 Å². The Morgan fingerprint density at radius 3 is 2.33 bits per heavy atom. The second-order valence-corrected chi connectivity index (χ2v) is 8.20. The number of aliphatic imine (C=N–C) groups is 1. The molecule has 0 radical (unpaired) electrons. The second kappa shape index (κ2) is 11.0. The van der Waals surface area contributed by atoms with E-state index in [4.69, 9.17) is 4.99 Å². The number of nitrogens with zero attached hydrogens (tertiary/aromatic N) is 4. The number of nitrogens with one attached hydrogen (secondary N) is 2. The molecule has 2 N–H and O–H groups in total. The van der Waals surface area contributed by atoms with Crippen LogP contribution in [0.25, 0.3) is 0 Å². The minimum Gasteiger partial charge on any atom is -0.364 e. The SMILES string of the molecule is CCNC(=NCc1ccc(N2CC=CC2)cc1)N1CCN(CC(=O)NC(C)C)CC1. The quantitative estimate of drug-likeness (QED) is 0.405. The van der Waals surface area contributed by atoms with Crippen LogP contribution in [0.2, 0.25) is 0 Å². The molecule has 0 saturated carbocycles. The number of carbonyl (C=O) groups excluding carboxylic acids is 1. The molecule has 1 aromatic carbocycles. The van der Waals surface area contributed by atoms with Crippen molar-refractivity contribution >= 4 is 17.6 Å². The van der Waals surface area contributed by atoms with Crippen molar-refractivity contribution in [2.24, 2.45) is 4.99 Å². The third-order valence-corrected chi connectivity index (χ3v) is 5.35. The highest BCUT2D eigenvalue weighted by Gasteiger charge is 2.21. The summed E-state index contributed by atoms with van der Waals surface area (Å²) in [6, 6.07) is 8.91. The lowest BCUT2D eigenvalue weighted by Gasteiger charge is -2.36. The highest BCUT2D eigenvalue weighted by atomic mass is 16.2. The Kier molecular flexibility index (Phi) is 8.13. The first-order valence-electron chi connectivity index (χ1n) is 11.1. The van der Waals surface area contributed by atoms with E-state index in [1.165, 1.54) is 11.3 Å². The molecular weight excluding hydrogens is 376 g/mol. The Balaban J connectivity index is 1.51. The van der Waals surface area contributed by atoms with Crippen LogP contribution in [0.3, 0.4) is 0 Å². The molecule has 0 unspecified atom stereocenters. The zero-order valence-corrected chi connectivity index (χ0v) is 18.6. The van der Waals surface area contributed by atoms with E-state index >= 15 is 0 Å². The van der Waals surface area contributed by atoms with Gasteiger partial charge in [0.25, 0.3) is 0 Å². The molecule has 2 aliphatic heterocycles. The van der Waals surface area contributed by atoms with E-state index in [9.17, 15) is 4.79 Å². The molecule has 7 nitrogen and oxygen atoms in total. The van der Waals surface area contributed by atoms with E-state index in [2.05, 4.69) is 68.7 Å². The topological polar surface area (TPSA) is 63.2 Å². The summed E-state index contributed by atoms with van der Waals surface area (Å²) in [4.78, 5) is 23.7. The molecule has 0 spiro atoms. The predicted octanol–water partition coefficient (Wildman–Crippen LogP) is 1.67. The normalized spacial score (nSPS) is 17.7. The molecule has 2 aliphatic rings. The molecule has 7 heteroatoms. The maximum Gasteiger partial charge on any atom is 0.234 e. The molecule has 0 aromatic heterocycles. The highest BCUT2D eigenvalue weighted by molar-refractivity contribution is 5.80. The van der Waals surface area contributed by atoms with E-state index < -0.39 is 0 Å². The fourth-order valence-electron chi connectivity index (χ4n) is 3.78. The number of hydrogen-bond donors (Lipinski definition) is 2. The average molecular weight is 413 g/mol. The van der Waals surface area contributed by atoms with Gasteiger partial charge in [-0.25, -0.2) is 4.99 Å². The van der Waals surface area contributed by atoms with Gasteiger partial charge in [-0.3, -0.25) is 9.69 Å². The van der Waals surface area contributed by atoms with Gasteiger partial charge in [-0.1, -0.05) is 24.3 Å². The number of amides is 1. The number of benzene rings is 1. The molecule has 1 fully saturated rings. The van der Waals surface area contributed by atoms with Gasteiger partial charge in [0.05, 0.1) is 13.1 Å². The van der Waals surface area contributed by atoms with Gasteiger partial charge in [0, 0.05) is 57.5 Å². The summed E-state index contributed by atoms with van der Waals surface area (Å²) in [6.07, 6.45) is 4.41. The zero-order valence-electron chi connectivity index (χ0n) is 18.6. The lowest BCUT2D eigenvalue weighted by atomic mass is 10.2. The Morgan fingerprint density at radius 1 is 1.07 bits per heavy atom. The van der Waals surface area contributed by atoms with Crippen LogP contribution in [0.5, 0.6) is 0 Å². The molecule has 0 aliphatic carbocycles. The number of rotatable bonds is 7. The third kappa shape index (κ3) is 6.49. The van der Waals surface area contributed by atoms with Crippen LogP contribution in [0.1, 0.15) is 26.3 Å². The minimum atomic E-state index is 0.104. The summed E-state index contributed by atoms with van der Waals surface area (Å²) in [7, 11) is 0. The van der Waals surface area contributed by atoms with Crippen molar-refractivity contribution in [2.45, 2.75) is 33.4 Å². The van der Waals surface area contributed by atoms with Gasteiger partial charge in [0.2, 0.25) is 5.91 Å². The molecule has 2 heterocycles. The largest absolute Gasteiger partial charge is 0.364 e. The zero-order chi connectivity index (χ0) is 21.3. The number of hydrogen-bond acceptors (Lipinski definition) is 4. The molecule has 1 aromatic rings. The summed E-state index contributed by atoms with van der Waals surface area (Å²) in [6.45, 7) is 13.5. The molecule has 1 amide bonds.